The maximum atomic E-state index is 2.00. The van der Waals surface area contributed by atoms with Crippen LogP contribution >= 0.6 is 0 Å². The molecule has 4 heteroatoms. The molecule has 0 saturated carbocycles. The average Bonchev–Trinajstić information content (AvgIpc) is 0.918. The van der Waals surface area contributed by atoms with Crippen LogP contribution in [0, 0.1) is 36.1 Å². The third kappa shape index (κ3) is 114. The third-order valence-corrected chi connectivity index (χ3v) is 0. The summed E-state index contributed by atoms with van der Waals surface area (Å²) in [6.07, 6.45) is 2.00. The molecule has 0 bridgehead atoms. The summed E-state index contributed by atoms with van der Waals surface area (Å²) < 4.78 is 0. The van der Waals surface area contributed by atoms with Crippen LogP contribution in [-0.2, 0) is 131 Å². The molecule has 0 fully saturated rings. The molecule has 0 N–H and O–H groups in total. The van der Waals surface area contributed by atoms with Crippen molar-refractivity contribution < 1.29 is 131 Å². The summed E-state index contributed by atoms with van der Waals surface area (Å²) in [4.78, 5) is 0. The smallest absolute Gasteiger partial charge is 0 e. The van der Waals surface area contributed by atoms with Gasteiger partial charge in [-0.05, 0) is 0 Å². The van der Waals surface area contributed by atoms with Crippen LogP contribution in [0.2, 0.25) is 0 Å². The van der Waals surface area contributed by atoms with E-state index in [0.29, 0.717) is 0 Å². The van der Waals surface area contributed by atoms with Crippen molar-refractivity contribution in [1.29, 1.82) is 0 Å². The minimum absolute atomic E-state index is 0. The fourth-order valence-corrected chi connectivity index (χ4v) is 0. The molecule has 64 valence electrons. The van der Waals surface area contributed by atoms with Gasteiger partial charge in [-0.1, -0.05) is 0 Å². The fourth-order valence-electron chi connectivity index (χ4n) is 0. The van der Waals surface area contributed by atoms with Crippen molar-refractivity contribution in [3.05, 3.63) is 36.1 Å². The summed E-state index contributed by atoms with van der Waals surface area (Å²) in [6.45, 7) is 4.00. The van der Waals surface area contributed by atoms with Gasteiger partial charge in [0.2, 0.25) is 0 Å². The summed E-state index contributed by atoms with van der Waals surface area (Å²) >= 11 is 0. The predicted octanol–water partition coefficient (Wildman–Crippen LogP) is 3.02. The normalized spacial score (nSPS) is 1.64. The maximum Gasteiger partial charge on any atom is 0 e. The van der Waals surface area contributed by atoms with Crippen LogP contribution in [0.15, 0.2) is 0 Å². The standard InChI is InChI=1S/C3H7.4CH3.4Y/c1-3-2;;;;;;;;/h3H,1-2H3;4*1H3;;;;/q5*-1;;;;. The quantitative estimate of drug-likeness (QED) is 0.490. The van der Waals surface area contributed by atoms with Gasteiger partial charge in [0.05, 0.1) is 0 Å². The Kier molecular flexibility index (Phi) is 626. The van der Waals surface area contributed by atoms with Crippen LogP contribution < -0.4 is 0 Å². The molecule has 0 saturated heterocycles. The van der Waals surface area contributed by atoms with Crippen molar-refractivity contribution in [2.24, 2.45) is 0 Å². The zero-order chi connectivity index (χ0) is 2.71. The van der Waals surface area contributed by atoms with Gasteiger partial charge in [0.25, 0.3) is 0 Å². The Balaban J connectivity index is -0.000000000714. The Bertz CT molecular complexity index is 10.4. The zero-order valence-electron chi connectivity index (χ0n) is 8.89. The van der Waals surface area contributed by atoms with Crippen molar-refractivity contribution in [3.8, 4) is 0 Å². The van der Waals surface area contributed by atoms with E-state index in [-0.39, 0.29) is 161 Å². The summed E-state index contributed by atoms with van der Waals surface area (Å²) in [5, 5.41) is 0. The summed E-state index contributed by atoms with van der Waals surface area (Å²) in [5.74, 6) is 0. The molecule has 4 radical (unpaired) electrons. The zero-order valence-corrected chi connectivity index (χ0v) is 20.2. The second-order valence-electron chi connectivity index (χ2n) is 0.577. The van der Waals surface area contributed by atoms with Crippen molar-refractivity contribution in [2.45, 2.75) is 13.8 Å². The number of rotatable bonds is 0. The van der Waals surface area contributed by atoms with E-state index in [1.807, 2.05) is 20.3 Å². The van der Waals surface area contributed by atoms with E-state index in [2.05, 4.69) is 0 Å². The molecule has 0 rings (SSSR count). The molecule has 0 unspecified atom stereocenters. The molecule has 0 aromatic heterocycles. The Morgan fingerprint density at radius 1 is 0.545 bits per heavy atom. The van der Waals surface area contributed by atoms with E-state index in [4.69, 9.17) is 0 Å². The molecule has 0 atom stereocenters. The summed E-state index contributed by atoms with van der Waals surface area (Å²) in [7, 11) is 0. The van der Waals surface area contributed by atoms with Crippen LogP contribution in [0.3, 0.4) is 0 Å². The Morgan fingerprint density at radius 2 is 0.545 bits per heavy atom. The molecule has 0 spiro atoms. The first-order chi connectivity index (χ1) is 1.41. The van der Waals surface area contributed by atoms with E-state index in [1.54, 1.807) is 0 Å². The van der Waals surface area contributed by atoms with E-state index in [1.165, 1.54) is 0 Å². The second kappa shape index (κ2) is 88.5. The van der Waals surface area contributed by atoms with Crippen molar-refractivity contribution in [2.75, 3.05) is 0 Å². The van der Waals surface area contributed by atoms with Gasteiger partial charge in [-0.15, -0.1) is 0 Å². The molecule has 0 amide bonds. The molecule has 0 aliphatic rings. The number of hydrogen-bond donors (Lipinski definition) is 0. The van der Waals surface area contributed by atoms with Crippen LogP contribution in [-0.4, -0.2) is 0 Å². The fraction of sp³-hybridized carbons (Fsp3) is 0.286. The summed E-state index contributed by atoms with van der Waals surface area (Å²) in [5.41, 5.74) is 0. The molecule has 0 nitrogen and oxygen atoms in total. The first kappa shape index (κ1) is 77.8. The molecule has 0 aromatic carbocycles. The van der Waals surface area contributed by atoms with Gasteiger partial charge in [0.1, 0.15) is 0 Å². The van der Waals surface area contributed by atoms with E-state index < -0.39 is 0 Å². The molecule has 0 aliphatic carbocycles. The van der Waals surface area contributed by atoms with Gasteiger partial charge in [-0.3, -0.25) is 0 Å². The Morgan fingerprint density at radius 3 is 0.545 bits per heavy atom. The van der Waals surface area contributed by atoms with E-state index in [9.17, 15) is 0 Å². The van der Waals surface area contributed by atoms with Crippen LogP contribution in [0.25, 0.3) is 0 Å². The first-order valence-electron chi connectivity index (χ1n) is 1.15. The Labute approximate surface area is 176 Å². The Hall–Kier alpha value is 4.42. The second-order valence-corrected chi connectivity index (χ2v) is 0.577. The van der Waals surface area contributed by atoms with Gasteiger partial charge in [-0.2, -0.15) is 13.8 Å². The van der Waals surface area contributed by atoms with Gasteiger partial charge >= 0.3 is 0 Å². The van der Waals surface area contributed by atoms with E-state index in [0.717, 1.165) is 0 Å². The average molecular weight is 459 g/mol. The molecule has 0 aromatic rings. The maximum absolute atomic E-state index is 2.00. The first-order valence-corrected chi connectivity index (χ1v) is 1.15. The molecule has 0 aliphatic heterocycles. The van der Waals surface area contributed by atoms with E-state index >= 15 is 0 Å². The predicted molar refractivity (Wildman–Crippen MR) is 41.3 cm³/mol. The minimum Gasteiger partial charge on any atom is -0.358 e. The van der Waals surface area contributed by atoms with Crippen LogP contribution in [0.4, 0.5) is 0 Å². The molecular weight excluding hydrogens is 440 g/mol. The molecular formula is C7H19Y4-5. The van der Waals surface area contributed by atoms with Crippen molar-refractivity contribution in [1.82, 2.24) is 0 Å². The largest absolute Gasteiger partial charge is 0.358 e. The van der Waals surface area contributed by atoms with Gasteiger partial charge in [-0.25, -0.2) is 0 Å². The van der Waals surface area contributed by atoms with Crippen LogP contribution in [0.5, 0.6) is 0 Å². The topological polar surface area (TPSA) is 0 Å². The van der Waals surface area contributed by atoms with Gasteiger partial charge in [0.15, 0.2) is 0 Å². The number of hydrogen-bond acceptors (Lipinski definition) is 0. The third-order valence-electron chi connectivity index (χ3n) is 0. The van der Waals surface area contributed by atoms with Gasteiger partial charge in [0, 0.05) is 131 Å². The SMILES string of the molecule is C[CH-]C.[CH3-].[CH3-].[CH3-].[CH3-].[Y].[Y].[Y].[Y]. The molecule has 11 heavy (non-hydrogen) atoms. The monoisotopic (exact) mass is 459 g/mol. The van der Waals surface area contributed by atoms with Crippen molar-refractivity contribution >= 4 is 0 Å². The van der Waals surface area contributed by atoms with Crippen LogP contribution in [0.1, 0.15) is 13.8 Å². The molecule has 0 heterocycles. The summed E-state index contributed by atoms with van der Waals surface area (Å²) in [6, 6.07) is 0. The van der Waals surface area contributed by atoms with Gasteiger partial charge < -0.3 is 36.1 Å². The van der Waals surface area contributed by atoms with Crippen molar-refractivity contribution in [3.63, 3.8) is 0 Å². The minimum atomic E-state index is 0.